The molecule has 0 spiro atoms. The smallest absolute Gasteiger partial charge is 1.00 e. The van der Waals surface area contributed by atoms with Gasteiger partial charge in [-0.05, 0) is 174 Å². The summed E-state index contributed by atoms with van der Waals surface area (Å²) in [5.74, 6) is 0.977. The van der Waals surface area contributed by atoms with Gasteiger partial charge in [0.05, 0.1) is 26.1 Å². The Labute approximate surface area is 868 Å². The Bertz CT molecular complexity index is 5260. The van der Waals surface area contributed by atoms with Crippen LogP contribution in [0.5, 0.6) is 0 Å². The van der Waals surface area contributed by atoms with E-state index in [1.165, 1.54) is 102 Å². The van der Waals surface area contributed by atoms with Crippen molar-refractivity contribution in [1.29, 1.82) is 0 Å². The molecule has 0 aliphatic rings. The van der Waals surface area contributed by atoms with Crippen LogP contribution in [0.1, 0.15) is 74.3 Å². The summed E-state index contributed by atoms with van der Waals surface area (Å²) < 4.78 is 2.19. The quantitative estimate of drug-likeness (QED) is 0.0228. The second kappa shape index (κ2) is 57.0. The third kappa shape index (κ3) is 32.2. The third-order valence-corrected chi connectivity index (χ3v) is 31.4. The van der Waals surface area contributed by atoms with E-state index in [2.05, 4.69) is 459 Å². The van der Waals surface area contributed by atoms with Gasteiger partial charge in [0.2, 0.25) is 0 Å². The van der Waals surface area contributed by atoms with Gasteiger partial charge in [-0.1, -0.05) is 450 Å². The zero-order valence-electron chi connectivity index (χ0n) is 73.9. The predicted octanol–water partition coefficient (Wildman–Crippen LogP) is 14.9. The van der Waals surface area contributed by atoms with E-state index in [0.717, 1.165) is 32.6 Å². The number of thiophene rings is 2. The molecule has 632 valence electrons. The molecule has 14 aromatic carbocycles. The molecule has 0 aliphatic heterocycles. The van der Waals surface area contributed by atoms with Crippen molar-refractivity contribution in [2.24, 2.45) is 0 Å². The summed E-state index contributed by atoms with van der Waals surface area (Å²) in [6.07, 6.45) is 3.21. The van der Waals surface area contributed by atoms with E-state index in [9.17, 15) is 0 Å². The number of nitrogens with zero attached hydrogens (tertiary/aromatic N) is 4. The zero-order valence-corrected chi connectivity index (χ0v) is 86.7. The summed E-state index contributed by atoms with van der Waals surface area (Å²) in [6.45, 7) is 16.7. The van der Waals surface area contributed by atoms with Crippen molar-refractivity contribution in [3.05, 3.63) is 462 Å². The van der Waals surface area contributed by atoms with Crippen molar-refractivity contribution in [3.8, 4) is 11.3 Å². The van der Waals surface area contributed by atoms with Crippen LogP contribution in [0.2, 0.25) is 5.15 Å². The fourth-order valence-corrected chi connectivity index (χ4v) is 25.5. The number of aromatic nitrogens is 4. The first-order valence-corrected chi connectivity index (χ1v) is 48.2. The van der Waals surface area contributed by atoms with Gasteiger partial charge >= 0.3 is 110 Å². The largest absolute Gasteiger partial charge is 1.00 e. The number of aryl methyl sites for hydroxylation is 4. The minimum Gasteiger partial charge on any atom is -1.00 e. The molecular weight excluding hydrogens is 1840 g/mol. The van der Waals surface area contributed by atoms with Crippen LogP contribution in [-0.2, 0) is 30.1 Å². The van der Waals surface area contributed by atoms with Crippen LogP contribution >= 0.6 is 66.0 Å². The molecule has 0 saturated carbocycles. The van der Waals surface area contributed by atoms with Gasteiger partial charge in [-0.15, -0.1) is 22.7 Å². The maximum absolute atomic E-state index is 8.83. The number of carbonyl (C=O) groups excluding carboxylic acids is 1. The Kier molecular flexibility index (Phi) is 47.0. The Morgan fingerprint density at radius 1 is 0.346 bits per heavy atom. The van der Waals surface area contributed by atoms with Crippen molar-refractivity contribution in [1.82, 2.24) is 19.9 Å². The number of hydrogen-bond acceptors (Lipinski definition) is 11. The molecule has 0 fully saturated rings. The SMILES string of the molecule is CC(C)c1csc2c(Cl)ncnc12.Cc1cc(C)cc(-c2ncnc3c(C(C)C)csc23)c1.Cc1cc(C)cc(B(O)O)c1.O=CO[O-].[H-].[K+].[K+].[Pd].c1ccc(P(c2ccccc2)c2ccccc2)cc1.c1ccc(P(c2ccccc2)c2ccccc2)cc1.c1ccc(P(c2ccccc2)c2ccccc2)cc1.c1ccc(P(c2ccccc2)c2ccccc2)cc1. The first-order chi connectivity index (χ1) is 60.6. The fraction of sp³-hybridized carbons (Fsp3) is 0.0935. The summed E-state index contributed by atoms with van der Waals surface area (Å²) >= 11 is 9.30. The molecule has 127 heavy (non-hydrogen) atoms. The van der Waals surface area contributed by atoms with Crippen molar-refractivity contribution >= 4 is 169 Å². The maximum atomic E-state index is 8.83. The maximum Gasteiger partial charge on any atom is 1.00 e. The van der Waals surface area contributed by atoms with Gasteiger partial charge < -0.3 is 21.6 Å². The molecule has 18 rings (SSSR count). The molecule has 0 radical (unpaired) electrons. The minimum absolute atomic E-state index is 0. The second-order valence-corrected chi connectivity index (χ2v) is 40.2. The van der Waals surface area contributed by atoms with E-state index in [1.807, 2.05) is 19.9 Å². The van der Waals surface area contributed by atoms with Gasteiger partial charge in [0.1, 0.15) is 17.8 Å². The molecule has 0 bridgehead atoms. The molecule has 0 aliphatic carbocycles. The fourth-order valence-electron chi connectivity index (χ4n) is 13.7. The molecule has 18 aromatic rings. The van der Waals surface area contributed by atoms with Crippen LogP contribution in [0.4, 0.5) is 0 Å². The van der Waals surface area contributed by atoms with E-state index < -0.39 is 38.8 Å². The number of rotatable bonds is 17. The van der Waals surface area contributed by atoms with E-state index >= 15 is 0 Å². The zero-order chi connectivity index (χ0) is 87.2. The van der Waals surface area contributed by atoms with Gasteiger partial charge in [-0.2, -0.15) is 0 Å². The van der Waals surface area contributed by atoms with E-state index in [0.29, 0.717) is 22.5 Å². The van der Waals surface area contributed by atoms with E-state index in [-0.39, 0.29) is 131 Å². The van der Waals surface area contributed by atoms with Crippen LogP contribution in [0.15, 0.2) is 424 Å². The molecule has 4 aromatic heterocycles. The Balaban J connectivity index is 0.000000203. The van der Waals surface area contributed by atoms with Crippen molar-refractivity contribution in [3.63, 3.8) is 0 Å². The summed E-state index contributed by atoms with van der Waals surface area (Å²) in [5, 5.41) is 47.7. The molecule has 0 atom stereocenters. The Hall–Kier alpha value is -7.48. The molecule has 4 heterocycles. The van der Waals surface area contributed by atoms with Gasteiger partial charge in [-0.3, -0.25) is 4.79 Å². The average Bonchev–Trinajstić information content (AvgIpc) is 1.63. The number of carbonyl (C=O) groups is 1. The van der Waals surface area contributed by atoms with Crippen LogP contribution in [0.25, 0.3) is 31.7 Å². The molecule has 0 unspecified atom stereocenters. The van der Waals surface area contributed by atoms with Gasteiger partial charge in [0, 0.05) is 26.0 Å². The number of halogens is 1. The van der Waals surface area contributed by atoms with Crippen LogP contribution in [0, 0.1) is 27.7 Å². The van der Waals surface area contributed by atoms with Crippen LogP contribution in [-0.4, -0.2) is 43.6 Å². The normalized spacial score (nSPS) is 10.3. The second-order valence-electron chi connectivity index (χ2n) is 29.2. The molecule has 20 heteroatoms. The molecule has 0 saturated heterocycles. The standard InChI is InChI=1S/4C18H15P.C17H18N2S.C9H9ClN2S.C8H11BO2.CH2O3.2K.Pd.H/c4*1-4-10-16(11-5-1)19(17-12-6-2-7-13-17)18-14-8-3-9-15-18;1-10(2)14-8-20-17-15(18-9-19-16(14)17)13-6-11(3)5-12(4)7-13;1-5(2)6-3-13-8-7(6)11-4-12-9(8)10;1-6-3-7(2)5-8(4-6)9(10)11;2-1-4-3;;;;/h4*1-15H;5-10H,1-4H3;3-5H,1-2H3;3-5,10-11H,1-2H3;1,3H;;;;/q;;;;;;;;2*+1;;-1/p-1. The minimum atomic E-state index is -1.35. The number of hydrogen-bond donors (Lipinski definition) is 2. The summed E-state index contributed by atoms with van der Waals surface area (Å²) in [7, 11) is -3.14. The topological polar surface area (TPSA) is 141 Å². The Morgan fingerprint density at radius 2 is 0.551 bits per heavy atom. The summed E-state index contributed by atoms with van der Waals surface area (Å²) in [6, 6.07) is 141. The van der Waals surface area contributed by atoms with Gasteiger partial charge in [-0.25, -0.2) is 19.9 Å². The van der Waals surface area contributed by atoms with Gasteiger partial charge in [0.15, 0.2) is 0 Å². The summed E-state index contributed by atoms with van der Waals surface area (Å²) in [5.41, 5.74) is 12.1. The number of fused-ring (bicyclic) bond motifs is 2. The predicted molar refractivity (Wildman–Crippen MR) is 538 cm³/mol. The third-order valence-electron chi connectivity index (χ3n) is 19.2. The van der Waals surface area contributed by atoms with Crippen molar-refractivity contribution < 1.29 is 150 Å². The van der Waals surface area contributed by atoms with E-state index in [1.54, 1.807) is 41.1 Å². The van der Waals surface area contributed by atoms with E-state index in [4.69, 9.17) is 31.7 Å². The molecular formula is C107H100BClK2N4O5P4PdS2. The monoisotopic (exact) mass is 1940 g/mol. The first kappa shape index (κ1) is 105. The summed E-state index contributed by atoms with van der Waals surface area (Å²) in [4.78, 5) is 28.5. The number of benzene rings is 14. The van der Waals surface area contributed by atoms with Crippen molar-refractivity contribution in [2.75, 3.05) is 0 Å². The molecule has 2 N–H and O–H groups in total. The Morgan fingerprint density at radius 3 is 0.764 bits per heavy atom. The molecule has 9 nitrogen and oxygen atoms in total. The molecule has 0 amide bonds. The van der Waals surface area contributed by atoms with Crippen LogP contribution < -0.4 is 177 Å². The first-order valence-electron chi connectivity index (χ1n) is 40.7. The van der Waals surface area contributed by atoms with Crippen LogP contribution in [0.3, 0.4) is 0 Å². The van der Waals surface area contributed by atoms with Gasteiger partial charge in [0.25, 0.3) is 6.47 Å². The average molecular weight is 1940 g/mol. The van der Waals surface area contributed by atoms with Crippen molar-refractivity contribution in [2.45, 2.75) is 67.2 Å².